The summed E-state index contributed by atoms with van der Waals surface area (Å²) < 4.78 is 41.8. The fourth-order valence-electron chi connectivity index (χ4n) is 3.41. The summed E-state index contributed by atoms with van der Waals surface area (Å²) in [6.07, 6.45) is -4.58. The number of aromatic nitrogens is 3. The molecule has 0 atom stereocenters. The minimum atomic E-state index is -4.58. The highest BCUT2D eigenvalue weighted by Crippen LogP contribution is 2.37. The van der Waals surface area contributed by atoms with Crippen LogP contribution >= 0.6 is 22.7 Å². The van der Waals surface area contributed by atoms with Gasteiger partial charge in [0, 0.05) is 23.7 Å². The molecule has 3 heterocycles. The molecule has 0 aliphatic rings. The average molecular weight is 473 g/mol. The number of fused-ring (bicyclic) bond motifs is 2. The zero-order valence-electron chi connectivity index (χ0n) is 16.8. The van der Waals surface area contributed by atoms with Crippen LogP contribution in [0.2, 0.25) is 0 Å². The third-order valence-electron chi connectivity index (χ3n) is 4.94. The van der Waals surface area contributed by atoms with E-state index in [4.69, 9.17) is 0 Å². The molecule has 5 aromatic rings. The molecule has 0 fully saturated rings. The molecule has 5 nitrogen and oxygen atoms in total. The number of aryl methyl sites for hydroxylation is 2. The van der Waals surface area contributed by atoms with E-state index < -0.39 is 17.8 Å². The first-order valence-electron chi connectivity index (χ1n) is 9.52. The van der Waals surface area contributed by atoms with E-state index in [0.29, 0.717) is 10.5 Å². The summed E-state index contributed by atoms with van der Waals surface area (Å²) in [6, 6.07) is 14.6. The van der Waals surface area contributed by atoms with Crippen molar-refractivity contribution < 1.29 is 18.0 Å². The van der Waals surface area contributed by atoms with Gasteiger partial charge in [-0.1, -0.05) is 6.07 Å². The highest BCUT2D eigenvalue weighted by Gasteiger charge is 2.37. The smallest absolute Gasteiger partial charge is 0.321 e. The standard InChI is InChI=1S/C22H15F3N4OS2/c1-11-3-8-15-16(9-11)31-20(27-15)12-4-6-13(7-5-12)26-19(30)17-10-14-18(22(23,24)25)28-29(2)21(14)32-17/h3-10H,1-2H3,(H,26,30). The van der Waals surface area contributed by atoms with E-state index in [9.17, 15) is 18.0 Å². The third-order valence-corrected chi connectivity index (χ3v) is 7.21. The van der Waals surface area contributed by atoms with Crippen LogP contribution in [0.3, 0.4) is 0 Å². The Morgan fingerprint density at radius 3 is 2.53 bits per heavy atom. The molecule has 1 N–H and O–H groups in total. The van der Waals surface area contributed by atoms with Crippen molar-refractivity contribution in [1.82, 2.24) is 14.8 Å². The van der Waals surface area contributed by atoms with Crippen LogP contribution in [-0.2, 0) is 13.2 Å². The Hall–Kier alpha value is -3.24. The number of nitrogens with zero attached hydrogens (tertiary/aromatic N) is 3. The molecule has 2 aromatic carbocycles. The normalized spacial score (nSPS) is 12.0. The predicted molar refractivity (Wildman–Crippen MR) is 121 cm³/mol. The second-order valence-electron chi connectivity index (χ2n) is 7.32. The summed E-state index contributed by atoms with van der Waals surface area (Å²) in [5.41, 5.74) is 2.59. The maximum absolute atomic E-state index is 13.2. The number of carbonyl (C=O) groups excluding carboxylic acids is 1. The Labute approximate surface area is 188 Å². The van der Waals surface area contributed by atoms with Crippen molar-refractivity contribution in [2.75, 3.05) is 5.32 Å². The van der Waals surface area contributed by atoms with Crippen LogP contribution in [-0.4, -0.2) is 20.7 Å². The fourth-order valence-corrected chi connectivity index (χ4v) is 5.44. The molecule has 0 bridgehead atoms. The van der Waals surface area contributed by atoms with Crippen LogP contribution in [0.15, 0.2) is 48.5 Å². The van der Waals surface area contributed by atoms with E-state index in [1.165, 1.54) is 18.7 Å². The molecule has 0 radical (unpaired) electrons. The van der Waals surface area contributed by atoms with Gasteiger partial charge >= 0.3 is 6.18 Å². The van der Waals surface area contributed by atoms with Crippen molar-refractivity contribution in [3.8, 4) is 10.6 Å². The minimum Gasteiger partial charge on any atom is -0.321 e. The van der Waals surface area contributed by atoms with E-state index in [1.807, 2.05) is 31.2 Å². The molecule has 0 saturated carbocycles. The van der Waals surface area contributed by atoms with Crippen molar-refractivity contribution in [2.45, 2.75) is 13.1 Å². The molecule has 0 unspecified atom stereocenters. The summed E-state index contributed by atoms with van der Waals surface area (Å²) >= 11 is 2.56. The first-order chi connectivity index (χ1) is 15.2. The lowest BCUT2D eigenvalue weighted by Gasteiger charge is -2.05. The van der Waals surface area contributed by atoms with E-state index in [0.717, 1.165) is 36.8 Å². The number of thiazole rings is 1. The molecule has 5 rings (SSSR count). The van der Waals surface area contributed by atoms with Crippen LogP contribution < -0.4 is 5.32 Å². The summed E-state index contributed by atoms with van der Waals surface area (Å²) in [5.74, 6) is -0.470. The van der Waals surface area contributed by atoms with Gasteiger partial charge in [-0.3, -0.25) is 9.48 Å². The topological polar surface area (TPSA) is 59.8 Å². The van der Waals surface area contributed by atoms with Crippen molar-refractivity contribution in [3.63, 3.8) is 0 Å². The lowest BCUT2D eigenvalue weighted by molar-refractivity contribution is -0.140. The van der Waals surface area contributed by atoms with Gasteiger partial charge < -0.3 is 5.32 Å². The zero-order chi connectivity index (χ0) is 22.6. The van der Waals surface area contributed by atoms with Gasteiger partial charge in [0.25, 0.3) is 5.91 Å². The van der Waals surface area contributed by atoms with E-state index in [1.54, 1.807) is 23.5 Å². The largest absolute Gasteiger partial charge is 0.435 e. The van der Waals surface area contributed by atoms with Gasteiger partial charge in [-0.05, 0) is 55.0 Å². The summed E-state index contributed by atoms with van der Waals surface area (Å²) in [7, 11) is 1.43. The van der Waals surface area contributed by atoms with Crippen LogP contribution in [0.5, 0.6) is 0 Å². The molecule has 0 aliphatic heterocycles. The number of benzene rings is 2. The number of amides is 1. The third kappa shape index (κ3) is 3.65. The highest BCUT2D eigenvalue weighted by atomic mass is 32.1. The molecule has 0 spiro atoms. The van der Waals surface area contributed by atoms with Crippen LogP contribution in [0.25, 0.3) is 31.0 Å². The number of anilines is 1. The highest BCUT2D eigenvalue weighted by molar-refractivity contribution is 7.21. The van der Waals surface area contributed by atoms with Gasteiger partial charge in [-0.15, -0.1) is 22.7 Å². The Bertz CT molecular complexity index is 1480. The monoisotopic (exact) mass is 472 g/mol. The van der Waals surface area contributed by atoms with Gasteiger partial charge in [0.15, 0.2) is 5.69 Å². The minimum absolute atomic E-state index is 0.0726. The van der Waals surface area contributed by atoms with Crippen molar-refractivity contribution in [2.24, 2.45) is 7.05 Å². The average Bonchev–Trinajstić information content (AvgIpc) is 3.42. The first kappa shape index (κ1) is 20.7. The molecule has 32 heavy (non-hydrogen) atoms. The molecular weight excluding hydrogens is 457 g/mol. The van der Waals surface area contributed by atoms with Gasteiger partial charge in [0.05, 0.1) is 15.1 Å². The van der Waals surface area contributed by atoms with Gasteiger partial charge in [-0.25, -0.2) is 4.98 Å². The van der Waals surface area contributed by atoms with Crippen molar-refractivity contribution in [3.05, 3.63) is 64.7 Å². The van der Waals surface area contributed by atoms with Crippen molar-refractivity contribution >= 4 is 54.7 Å². The van der Waals surface area contributed by atoms with E-state index in [2.05, 4.69) is 21.5 Å². The van der Waals surface area contributed by atoms with E-state index >= 15 is 0 Å². The lowest BCUT2D eigenvalue weighted by atomic mass is 10.2. The number of hydrogen-bond acceptors (Lipinski definition) is 5. The molecule has 10 heteroatoms. The van der Waals surface area contributed by atoms with E-state index in [-0.39, 0.29) is 10.3 Å². The maximum Gasteiger partial charge on any atom is 0.435 e. The number of thiophene rings is 1. The number of carbonyl (C=O) groups is 1. The number of nitrogens with one attached hydrogen (secondary N) is 1. The Morgan fingerprint density at radius 2 is 1.81 bits per heavy atom. The van der Waals surface area contributed by atoms with Gasteiger partial charge in [-0.2, -0.15) is 18.3 Å². The number of alkyl halides is 3. The number of rotatable bonds is 3. The molecule has 3 aromatic heterocycles. The second kappa shape index (κ2) is 7.42. The molecule has 1 amide bonds. The Morgan fingerprint density at radius 1 is 1.06 bits per heavy atom. The molecule has 0 aliphatic carbocycles. The first-order valence-corrected chi connectivity index (χ1v) is 11.1. The maximum atomic E-state index is 13.2. The predicted octanol–water partition coefficient (Wildman–Crippen LogP) is 6.49. The zero-order valence-corrected chi connectivity index (χ0v) is 18.5. The quantitative estimate of drug-likeness (QED) is 0.326. The van der Waals surface area contributed by atoms with Crippen LogP contribution in [0.1, 0.15) is 20.9 Å². The van der Waals surface area contributed by atoms with Crippen molar-refractivity contribution in [1.29, 1.82) is 0 Å². The molecule has 162 valence electrons. The summed E-state index contributed by atoms with van der Waals surface area (Å²) in [5, 5.41) is 7.08. The Balaban J connectivity index is 1.38. The molecule has 0 saturated heterocycles. The van der Waals surface area contributed by atoms with Gasteiger partial charge in [0.1, 0.15) is 9.84 Å². The fraction of sp³-hybridized carbons (Fsp3) is 0.136. The number of halogens is 3. The Kier molecular flexibility index (Phi) is 4.79. The summed E-state index contributed by atoms with van der Waals surface area (Å²) in [4.78, 5) is 17.8. The second-order valence-corrected chi connectivity index (χ2v) is 9.38. The van der Waals surface area contributed by atoms with Gasteiger partial charge in [0.2, 0.25) is 0 Å². The van der Waals surface area contributed by atoms with Crippen LogP contribution in [0, 0.1) is 6.92 Å². The molecular formula is C22H15F3N4OS2. The summed E-state index contributed by atoms with van der Waals surface area (Å²) in [6.45, 7) is 2.04. The lowest BCUT2D eigenvalue weighted by Crippen LogP contribution is -2.10. The van der Waals surface area contributed by atoms with Crippen LogP contribution in [0.4, 0.5) is 18.9 Å². The number of hydrogen-bond donors (Lipinski definition) is 1. The SMILES string of the molecule is Cc1ccc2nc(-c3ccc(NC(=O)c4cc5c(C(F)(F)F)nn(C)c5s4)cc3)sc2c1.